The molecule has 2 heterocycles. The molecule has 2 amide bonds. The second kappa shape index (κ2) is 9.49. The highest BCUT2D eigenvalue weighted by atomic mass is 16.5. The van der Waals surface area contributed by atoms with Crippen LogP contribution < -0.4 is 10.1 Å². The Labute approximate surface area is 171 Å². The van der Waals surface area contributed by atoms with Gasteiger partial charge in [-0.3, -0.25) is 14.6 Å². The molecule has 7 nitrogen and oxygen atoms in total. The first-order valence-electron chi connectivity index (χ1n) is 10.1. The first-order chi connectivity index (χ1) is 13.9. The summed E-state index contributed by atoms with van der Waals surface area (Å²) < 4.78 is 5.84. The molecule has 1 atom stereocenters. The van der Waals surface area contributed by atoms with Gasteiger partial charge in [-0.2, -0.15) is 0 Å². The van der Waals surface area contributed by atoms with Crippen LogP contribution in [0, 0.1) is 0 Å². The molecule has 1 aromatic carbocycles. The minimum Gasteiger partial charge on any atom is -0.481 e. The van der Waals surface area contributed by atoms with Gasteiger partial charge in [0, 0.05) is 31.5 Å². The molecule has 0 radical (unpaired) electrons. The number of aromatic nitrogens is 2. The van der Waals surface area contributed by atoms with Crippen molar-refractivity contribution >= 4 is 11.8 Å². The lowest BCUT2D eigenvalue weighted by Crippen LogP contribution is -2.49. The van der Waals surface area contributed by atoms with E-state index in [0.29, 0.717) is 43.3 Å². The van der Waals surface area contributed by atoms with E-state index in [0.717, 1.165) is 0 Å². The standard InChI is InChI=1S/C22H28N4O3/c1-15(2)17-4-6-19(7-5-17)29-16(3)22(28)26-12-8-18(9-13-26)25-21(27)20-14-23-10-11-24-20/h4-7,10-11,14-16,18H,8-9,12-13H2,1-3H3,(H,25,27). The smallest absolute Gasteiger partial charge is 0.271 e. The molecular weight excluding hydrogens is 368 g/mol. The minimum atomic E-state index is -0.550. The molecule has 3 rings (SSSR count). The van der Waals surface area contributed by atoms with E-state index in [1.165, 1.54) is 24.2 Å². The number of hydrogen-bond donors (Lipinski definition) is 1. The van der Waals surface area contributed by atoms with Gasteiger partial charge in [-0.05, 0) is 43.4 Å². The van der Waals surface area contributed by atoms with Gasteiger partial charge >= 0.3 is 0 Å². The summed E-state index contributed by atoms with van der Waals surface area (Å²) in [6.07, 6.45) is 5.32. The van der Waals surface area contributed by atoms with Crippen LogP contribution in [0.4, 0.5) is 0 Å². The van der Waals surface area contributed by atoms with E-state index in [1.54, 1.807) is 11.8 Å². The summed E-state index contributed by atoms with van der Waals surface area (Å²) >= 11 is 0. The second-order valence-corrected chi connectivity index (χ2v) is 7.65. The molecule has 0 spiro atoms. The summed E-state index contributed by atoms with van der Waals surface area (Å²) in [6, 6.07) is 7.90. The van der Waals surface area contributed by atoms with Crippen molar-refractivity contribution in [2.45, 2.75) is 51.7 Å². The number of piperidine rings is 1. The molecule has 0 aliphatic carbocycles. The van der Waals surface area contributed by atoms with Crippen LogP contribution in [0.5, 0.6) is 5.75 Å². The minimum absolute atomic E-state index is 0.0216. The molecule has 29 heavy (non-hydrogen) atoms. The van der Waals surface area contributed by atoms with Crippen LogP contribution >= 0.6 is 0 Å². The first-order valence-corrected chi connectivity index (χ1v) is 10.1. The fraction of sp³-hybridized carbons (Fsp3) is 0.455. The van der Waals surface area contributed by atoms with Gasteiger partial charge in [0.15, 0.2) is 6.10 Å². The Morgan fingerprint density at radius 1 is 1.10 bits per heavy atom. The van der Waals surface area contributed by atoms with Gasteiger partial charge in [-0.25, -0.2) is 4.98 Å². The van der Waals surface area contributed by atoms with E-state index in [2.05, 4.69) is 29.1 Å². The number of likely N-dealkylation sites (tertiary alicyclic amines) is 1. The summed E-state index contributed by atoms with van der Waals surface area (Å²) in [5, 5.41) is 2.97. The zero-order valence-corrected chi connectivity index (χ0v) is 17.2. The quantitative estimate of drug-likeness (QED) is 0.812. The van der Waals surface area contributed by atoms with Crippen LogP contribution in [0.1, 0.15) is 55.6 Å². The number of hydrogen-bond acceptors (Lipinski definition) is 5. The molecule has 7 heteroatoms. The molecule has 1 aliphatic heterocycles. The van der Waals surface area contributed by atoms with Crippen LogP contribution in [0.3, 0.4) is 0 Å². The third-order valence-corrected chi connectivity index (χ3v) is 5.15. The lowest BCUT2D eigenvalue weighted by molar-refractivity contribution is -0.139. The van der Waals surface area contributed by atoms with E-state index < -0.39 is 6.10 Å². The normalized spacial score (nSPS) is 15.8. The van der Waals surface area contributed by atoms with E-state index in [-0.39, 0.29) is 17.9 Å². The molecule has 1 fully saturated rings. The van der Waals surface area contributed by atoms with Gasteiger partial charge in [0.05, 0.1) is 6.20 Å². The maximum atomic E-state index is 12.7. The zero-order valence-electron chi connectivity index (χ0n) is 17.2. The largest absolute Gasteiger partial charge is 0.481 e. The summed E-state index contributed by atoms with van der Waals surface area (Å²) in [7, 11) is 0. The molecule has 0 bridgehead atoms. The number of rotatable bonds is 6. The highest BCUT2D eigenvalue weighted by Crippen LogP contribution is 2.20. The maximum absolute atomic E-state index is 12.7. The highest BCUT2D eigenvalue weighted by molar-refractivity contribution is 5.92. The van der Waals surface area contributed by atoms with Crippen molar-refractivity contribution in [2.24, 2.45) is 0 Å². The lowest BCUT2D eigenvalue weighted by Gasteiger charge is -2.33. The van der Waals surface area contributed by atoms with Crippen molar-refractivity contribution in [1.29, 1.82) is 0 Å². The fourth-order valence-corrected chi connectivity index (χ4v) is 3.36. The predicted octanol–water partition coefficient (Wildman–Crippen LogP) is 2.79. The molecule has 154 valence electrons. The lowest BCUT2D eigenvalue weighted by atomic mass is 10.0. The average molecular weight is 396 g/mol. The molecule has 0 saturated carbocycles. The van der Waals surface area contributed by atoms with Gasteiger partial charge in [-0.1, -0.05) is 26.0 Å². The molecule has 1 unspecified atom stereocenters. The third-order valence-electron chi connectivity index (χ3n) is 5.15. The predicted molar refractivity (Wildman–Crippen MR) is 110 cm³/mol. The van der Waals surface area contributed by atoms with E-state index in [4.69, 9.17) is 4.74 Å². The molecule has 1 N–H and O–H groups in total. The van der Waals surface area contributed by atoms with Gasteiger partial charge in [0.1, 0.15) is 11.4 Å². The van der Waals surface area contributed by atoms with Crippen molar-refractivity contribution in [2.75, 3.05) is 13.1 Å². The third kappa shape index (κ3) is 5.53. The number of nitrogens with one attached hydrogen (secondary N) is 1. The molecule has 1 saturated heterocycles. The molecular formula is C22H28N4O3. The van der Waals surface area contributed by atoms with Crippen molar-refractivity contribution in [3.63, 3.8) is 0 Å². The van der Waals surface area contributed by atoms with E-state index in [1.807, 2.05) is 24.3 Å². The number of amides is 2. The monoisotopic (exact) mass is 396 g/mol. The molecule has 1 aliphatic rings. The number of nitrogens with zero attached hydrogens (tertiary/aromatic N) is 3. The van der Waals surface area contributed by atoms with Crippen molar-refractivity contribution < 1.29 is 14.3 Å². The number of benzene rings is 1. The van der Waals surface area contributed by atoms with Crippen molar-refractivity contribution in [3.05, 3.63) is 54.1 Å². The van der Waals surface area contributed by atoms with E-state index in [9.17, 15) is 9.59 Å². The van der Waals surface area contributed by atoms with Crippen molar-refractivity contribution in [3.8, 4) is 5.75 Å². The van der Waals surface area contributed by atoms with E-state index >= 15 is 0 Å². The Hall–Kier alpha value is -2.96. The summed E-state index contributed by atoms with van der Waals surface area (Å²) in [4.78, 5) is 34.6. The van der Waals surface area contributed by atoms with Gasteiger partial charge in [0.2, 0.25) is 0 Å². The Morgan fingerprint density at radius 3 is 2.38 bits per heavy atom. The Kier molecular flexibility index (Phi) is 6.80. The summed E-state index contributed by atoms with van der Waals surface area (Å²) in [6.45, 7) is 7.23. The van der Waals surface area contributed by atoms with Gasteiger partial charge in [0.25, 0.3) is 11.8 Å². The number of ether oxygens (including phenoxy) is 1. The first kappa shape index (κ1) is 20.8. The zero-order chi connectivity index (χ0) is 20.8. The topological polar surface area (TPSA) is 84.4 Å². The second-order valence-electron chi connectivity index (χ2n) is 7.65. The van der Waals surface area contributed by atoms with Crippen LogP contribution in [0.2, 0.25) is 0 Å². The number of carbonyl (C=O) groups excluding carboxylic acids is 2. The molecule has 1 aromatic heterocycles. The SMILES string of the molecule is CC(Oc1ccc(C(C)C)cc1)C(=O)N1CCC(NC(=O)c2cnccn2)CC1. The van der Waals surface area contributed by atoms with Crippen LogP contribution in [0.25, 0.3) is 0 Å². The van der Waals surface area contributed by atoms with Crippen LogP contribution in [-0.4, -0.2) is 51.9 Å². The highest BCUT2D eigenvalue weighted by Gasteiger charge is 2.28. The Morgan fingerprint density at radius 2 is 1.79 bits per heavy atom. The summed E-state index contributed by atoms with van der Waals surface area (Å²) in [5.41, 5.74) is 1.54. The number of carbonyl (C=O) groups is 2. The van der Waals surface area contributed by atoms with Gasteiger partial charge in [-0.15, -0.1) is 0 Å². The molecule has 2 aromatic rings. The van der Waals surface area contributed by atoms with Crippen molar-refractivity contribution in [1.82, 2.24) is 20.2 Å². The van der Waals surface area contributed by atoms with Crippen LogP contribution in [0.15, 0.2) is 42.9 Å². The van der Waals surface area contributed by atoms with Gasteiger partial charge < -0.3 is 15.0 Å². The van der Waals surface area contributed by atoms with Crippen LogP contribution in [-0.2, 0) is 4.79 Å². The Bertz CT molecular complexity index is 816. The fourth-order valence-electron chi connectivity index (χ4n) is 3.36. The maximum Gasteiger partial charge on any atom is 0.271 e. The summed E-state index contributed by atoms with van der Waals surface area (Å²) in [5.74, 6) is 0.890. The average Bonchev–Trinajstić information content (AvgIpc) is 2.74. The Balaban J connectivity index is 1.47.